The molecule has 0 aromatic heterocycles. The van der Waals surface area contributed by atoms with E-state index >= 15 is 0 Å². The molecule has 0 bridgehead atoms. The van der Waals surface area contributed by atoms with Gasteiger partial charge in [0.1, 0.15) is 0 Å². The van der Waals surface area contributed by atoms with Gasteiger partial charge in [0.2, 0.25) is 0 Å². The lowest BCUT2D eigenvalue weighted by atomic mass is 10.4. The Kier molecular flexibility index (Phi) is 21.1. The first-order valence-corrected chi connectivity index (χ1v) is 14.3. The van der Waals surface area contributed by atoms with E-state index in [4.69, 9.17) is 36.7 Å². The van der Waals surface area contributed by atoms with Crippen LogP contribution < -0.4 is 0 Å². The van der Waals surface area contributed by atoms with Gasteiger partial charge in [0.05, 0.1) is 24.4 Å². The van der Waals surface area contributed by atoms with E-state index in [9.17, 15) is 0 Å². The van der Waals surface area contributed by atoms with Gasteiger partial charge >= 0.3 is 9.05 Å². The maximum Gasteiger partial charge on any atom is 0.679 e. The molecule has 0 heterocycles. The van der Waals surface area contributed by atoms with Gasteiger partial charge in [-0.25, -0.2) is 0 Å². The first kappa shape index (κ1) is 32.9. The number of hydrogen-bond donors (Lipinski definition) is 0. The van der Waals surface area contributed by atoms with Crippen LogP contribution in [0.3, 0.4) is 0 Å². The van der Waals surface area contributed by atoms with Crippen LogP contribution in [0.2, 0.25) is 0 Å². The van der Waals surface area contributed by atoms with E-state index in [0.29, 0.717) is 52.9 Å². The molecule has 0 spiro atoms. The van der Waals surface area contributed by atoms with E-state index in [1.54, 1.807) is 0 Å². The zero-order valence-corrected chi connectivity index (χ0v) is 23.6. The quantitative estimate of drug-likeness (QED) is 0.140. The van der Waals surface area contributed by atoms with E-state index in [2.05, 4.69) is 0 Å². The van der Waals surface area contributed by atoms with Crippen LogP contribution >= 0.6 is 0 Å². The number of ether oxygens (including phenoxy) is 4. The van der Waals surface area contributed by atoms with Crippen LogP contribution in [0.25, 0.3) is 0 Å². The zero-order valence-electron chi connectivity index (χ0n) is 22.6. The molecular weight excluding hydrogens is 444 g/mol. The van der Waals surface area contributed by atoms with Crippen molar-refractivity contribution in [3.8, 4) is 0 Å². The highest BCUT2D eigenvalue weighted by molar-refractivity contribution is 6.53. The minimum Gasteiger partial charge on any atom is -0.379 e. The molecule has 0 rings (SSSR count). The molecule has 33 heavy (non-hydrogen) atoms. The molecule has 200 valence electrons. The Morgan fingerprint density at radius 2 is 0.576 bits per heavy atom. The molecule has 0 saturated carbocycles. The topological polar surface area (TPSA) is 73.8 Å². The van der Waals surface area contributed by atoms with Crippen molar-refractivity contribution in [1.82, 2.24) is 0 Å². The highest BCUT2D eigenvalue weighted by Crippen LogP contribution is 2.15. The van der Waals surface area contributed by atoms with Crippen molar-refractivity contribution < 1.29 is 36.7 Å². The average Bonchev–Trinajstić information content (AvgIpc) is 2.71. The van der Waals surface area contributed by atoms with Crippen molar-refractivity contribution >= 4 is 9.05 Å². The summed E-state index contributed by atoms with van der Waals surface area (Å²) in [6.07, 6.45) is 3.74. The maximum atomic E-state index is 6.16. The van der Waals surface area contributed by atoms with Gasteiger partial charge in [0, 0.05) is 52.9 Å². The first-order valence-electron chi connectivity index (χ1n) is 12.7. The summed E-state index contributed by atoms with van der Waals surface area (Å²) in [6.45, 7) is 20.4. The number of rotatable bonds is 24. The summed E-state index contributed by atoms with van der Waals surface area (Å²) in [5.74, 6) is 0. The van der Waals surface area contributed by atoms with Gasteiger partial charge in [-0.1, -0.05) is 0 Å². The van der Waals surface area contributed by atoms with Crippen molar-refractivity contribution in [2.75, 3.05) is 52.9 Å². The van der Waals surface area contributed by atoms with Gasteiger partial charge in [-0.2, -0.15) is 0 Å². The van der Waals surface area contributed by atoms with E-state index in [1.807, 2.05) is 55.4 Å². The second kappa shape index (κ2) is 21.2. The van der Waals surface area contributed by atoms with Crippen LogP contribution in [0, 0.1) is 0 Å². The Bertz CT molecular complexity index is 344. The van der Waals surface area contributed by atoms with Crippen LogP contribution in [-0.2, 0) is 36.7 Å². The molecule has 0 radical (unpaired) electrons. The molecule has 0 aliphatic heterocycles. The zero-order chi connectivity index (χ0) is 25.0. The van der Waals surface area contributed by atoms with Gasteiger partial charge in [0.25, 0.3) is 0 Å². The molecule has 8 nitrogen and oxygen atoms in total. The van der Waals surface area contributed by atoms with E-state index < -0.39 is 9.05 Å². The Balaban J connectivity index is 4.87. The molecule has 0 N–H and O–H groups in total. The largest absolute Gasteiger partial charge is 0.679 e. The summed E-state index contributed by atoms with van der Waals surface area (Å²) < 4.78 is 47.2. The molecule has 0 atom stereocenters. The minimum absolute atomic E-state index is 0.193. The molecule has 0 aliphatic carbocycles. The van der Waals surface area contributed by atoms with Crippen molar-refractivity contribution in [3.05, 3.63) is 0 Å². The molecular formula is C24H52O8Si. The molecule has 0 fully saturated rings. The lowest BCUT2D eigenvalue weighted by Crippen LogP contribution is -2.50. The predicted octanol–water partition coefficient (Wildman–Crippen LogP) is 4.75. The fourth-order valence-corrected chi connectivity index (χ4v) is 4.63. The summed E-state index contributed by atoms with van der Waals surface area (Å²) in [5.41, 5.74) is 0. The van der Waals surface area contributed by atoms with Crippen LogP contribution in [-0.4, -0.2) is 86.3 Å². The summed E-state index contributed by atoms with van der Waals surface area (Å²) in [6, 6.07) is 0. The third kappa shape index (κ3) is 22.1. The van der Waals surface area contributed by atoms with E-state index in [1.165, 1.54) is 0 Å². The average molecular weight is 497 g/mol. The highest BCUT2D eigenvalue weighted by atomic mass is 28.4. The second-order valence-corrected chi connectivity index (χ2v) is 11.1. The lowest BCUT2D eigenvalue weighted by Gasteiger charge is -2.28. The van der Waals surface area contributed by atoms with Gasteiger partial charge in [-0.15, -0.1) is 0 Å². The molecule has 9 heteroatoms. The standard InChI is InChI=1S/C24H52O8Si/c1-21(2)25-13-9-17-29-33(30-18-10-14-26-22(3)4,31-19-11-15-27-23(5)6)32-20-12-16-28-24(7)8/h21-24H,9-20H2,1-8H3. The SMILES string of the molecule is CC(C)OCCCO[Si](OCCCOC(C)C)(OCCCOC(C)C)OCCCOC(C)C. The normalized spacial score (nSPS) is 12.7. The maximum absolute atomic E-state index is 6.16. The van der Waals surface area contributed by atoms with Gasteiger partial charge in [-0.05, 0) is 81.1 Å². The monoisotopic (exact) mass is 496 g/mol. The summed E-state index contributed by atoms with van der Waals surface area (Å²) in [7, 11) is -3.33. The fraction of sp³-hybridized carbons (Fsp3) is 1.00. The predicted molar refractivity (Wildman–Crippen MR) is 132 cm³/mol. The van der Waals surface area contributed by atoms with Crippen LogP contribution in [0.4, 0.5) is 0 Å². The van der Waals surface area contributed by atoms with Crippen molar-refractivity contribution in [2.24, 2.45) is 0 Å². The number of hydrogen-bond acceptors (Lipinski definition) is 8. The Hall–Kier alpha value is -0.103. The molecule has 0 aliphatic rings. The van der Waals surface area contributed by atoms with Crippen molar-refractivity contribution in [3.63, 3.8) is 0 Å². The smallest absolute Gasteiger partial charge is 0.379 e. The summed E-state index contributed by atoms with van der Waals surface area (Å²) in [4.78, 5) is 0. The minimum atomic E-state index is -3.33. The van der Waals surface area contributed by atoms with Crippen molar-refractivity contribution in [2.45, 2.75) is 105 Å². The molecule has 0 aromatic rings. The van der Waals surface area contributed by atoms with Crippen LogP contribution in [0.1, 0.15) is 81.1 Å². The molecule has 0 saturated heterocycles. The molecule has 0 amide bonds. The van der Waals surface area contributed by atoms with Gasteiger partial charge < -0.3 is 36.7 Å². The second-order valence-electron chi connectivity index (χ2n) is 8.99. The third-order valence-electron chi connectivity index (χ3n) is 4.07. The lowest BCUT2D eigenvalue weighted by molar-refractivity contribution is -0.0498. The fourth-order valence-electron chi connectivity index (χ4n) is 2.55. The third-order valence-corrected chi connectivity index (χ3v) is 6.31. The Morgan fingerprint density at radius 1 is 0.364 bits per heavy atom. The Labute approximate surface area is 204 Å². The van der Waals surface area contributed by atoms with Crippen molar-refractivity contribution in [1.29, 1.82) is 0 Å². The van der Waals surface area contributed by atoms with E-state index in [0.717, 1.165) is 25.7 Å². The molecule has 0 unspecified atom stereocenters. The first-order chi connectivity index (χ1) is 15.7. The van der Waals surface area contributed by atoms with Gasteiger partial charge in [0.15, 0.2) is 0 Å². The summed E-state index contributed by atoms with van der Waals surface area (Å²) >= 11 is 0. The van der Waals surface area contributed by atoms with E-state index in [-0.39, 0.29) is 24.4 Å². The highest BCUT2D eigenvalue weighted by Gasteiger charge is 2.45. The van der Waals surface area contributed by atoms with Crippen LogP contribution in [0.15, 0.2) is 0 Å². The van der Waals surface area contributed by atoms with Crippen LogP contribution in [0.5, 0.6) is 0 Å². The Morgan fingerprint density at radius 3 is 0.758 bits per heavy atom. The summed E-state index contributed by atoms with van der Waals surface area (Å²) in [5, 5.41) is 0. The van der Waals surface area contributed by atoms with Gasteiger partial charge in [-0.3, -0.25) is 0 Å². The molecule has 0 aromatic carbocycles.